The number of nitrogens with one attached hydrogen (secondary N) is 1. The molecular formula is C11H14N2O2. The summed E-state index contributed by atoms with van der Waals surface area (Å²) in [6.07, 6.45) is 2.14. The Labute approximate surface area is 88.3 Å². The maximum atomic E-state index is 10.8. The largest absolute Gasteiger partial charge is 0.481 e. The smallest absolute Gasteiger partial charge is 0.312 e. The molecule has 0 aromatic carbocycles. The van der Waals surface area contributed by atoms with Gasteiger partial charge in [0.1, 0.15) is 5.82 Å². The highest BCUT2D eigenvalue weighted by Gasteiger charge is 2.17. The summed E-state index contributed by atoms with van der Waals surface area (Å²) < 4.78 is 0. The Morgan fingerprint density at radius 1 is 1.60 bits per heavy atom. The molecule has 4 nitrogen and oxygen atoms in total. The van der Waals surface area contributed by atoms with Crippen molar-refractivity contribution in [3.63, 3.8) is 0 Å². The minimum absolute atomic E-state index is 0.543. The summed E-state index contributed by atoms with van der Waals surface area (Å²) in [5.41, 5.74) is 1.80. The summed E-state index contributed by atoms with van der Waals surface area (Å²) in [7, 11) is 0. The van der Waals surface area contributed by atoms with Gasteiger partial charge < -0.3 is 10.4 Å². The van der Waals surface area contributed by atoms with Gasteiger partial charge in [0.25, 0.3) is 0 Å². The normalized spacial score (nSPS) is 16.3. The molecule has 0 aliphatic carbocycles. The molecule has 2 heterocycles. The van der Waals surface area contributed by atoms with Gasteiger partial charge >= 0.3 is 5.97 Å². The number of carboxylic acid groups (broad SMARTS) is 1. The second kappa shape index (κ2) is 3.88. The summed E-state index contributed by atoms with van der Waals surface area (Å²) in [5.74, 6) is -0.524. The number of aliphatic carboxylic acids is 1. The van der Waals surface area contributed by atoms with Gasteiger partial charge in [-0.15, -0.1) is 0 Å². The molecule has 0 amide bonds. The van der Waals surface area contributed by atoms with Crippen molar-refractivity contribution >= 4 is 11.8 Å². The van der Waals surface area contributed by atoms with Gasteiger partial charge in [-0.2, -0.15) is 0 Å². The highest BCUT2D eigenvalue weighted by molar-refractivity contribution is 5.75. The Morgan fingerprint density at radius 3 is 3.13 bits per heavy atom. The van der Waals surface area contributed by atoms with Gasteiger partial charge in [0.15, 0.2) is 0 Å². The van der Waals surface area contributed by atoms with Crippen molar-refractivity contribution in [2.75, 3.05) is 11.9 Å². The fraction of sp³-hybridized carbons (Fsp3) is 0.455. The zero-order valence-electron chi connectivity index (χ0n) is 8.66. The summed E-state index contributed by atoms with van der Waals surface area (Å²) in [6.45, 7) is 2.57. The number of hydrogen-bond donors (Lipinski definition) is 2. The number of nitrogens with zero attached hydrogens (tertiary/aromatic N) is 1. The fourth-order valence-electron chi connectivity index (χ4n) is 1.71. The van der Waals surface area contributed by atoms with E-state index < -0.39 is 11.9 Å². The molecule has 1 aliphatic rings. The molecule has 4 heteroatoms. The molecule has 0 saturated heterocycles. The first kappa shape index (κ1) is 9.96. The Hall–Kier alpha value is -1.58. The van der Waals surface area contributed by atoms with Crippen LogP contribution in [0, 0.1) is 0 Å². The molecule has 1 aromatic rings. The van der Waals surface area contributed by atoms with Crippen LogP contribution in [-0.2, 0) is 11.2 Å². The van der Waals surface area contributed by atoms with Gasteiger partial charge in [0.2, 0.25) is 0 Å². The van der Waals surface area contributed by atoms with Crippen LogP contribution in [0.2, 0.25) is 0 Å². The Kier molecular flexibility index (Phi) is 2.58. The van der Waals surface area contributed by atoms with E-state index in [1.807, 2.05) is 12.1 Å². The highest BCUT2D eigenvalue weighted by atomic mass is 16.4. The minimum Gasteiger partial charge on any atom is -0.481 e. The summed E-state index contributed by atoms with van der Waals surface area (Å²) >= 11 is 0. The second-order valence-electron chi connectivity index (χ2n) is 3.83. The average molecular weight is 206 g/mol. The zero-order chi connectivity index (χ0) is 10.8. The SMILES string of the molecule is CC(C(=O)O)c1ccc2c(n1)NCCC2. The van der Waals surface area contributed by atoms with E-state index in [2.05, 4.69) is 10.3 Å². The third-order valence-corrected chi connectivity index (χ3v) is 2.73. The Morgan fingerprint density at radius 2 is 2.40 bits per heavy atom. The first-order valence-electron chi connectivity index (χ1n) is 5.15. The summed E-state index contributed by atoms with van der Waals surface area (Å²) in [5, 5.41) is 12.1. The quantitative estimate of drug-likeness (QED) is 0.772. The van der Waals surface area contributed by atoms with E-state index in [-0.39, 0.29) is 0 Å². The van der Waals surface area contributed by atoms with Crippen LogP contribution in [0.1, 0.15) is 30.5 Å². The number of aromatic nitrogens is 1. The van der Waals surface area contributed by atoms with E-state index in [1.54, 1.807) is 6.92 Å². The van der Waals surface area contributed by atoms with Gasteiger partial charge in [-0.1, -0.05) is 6.07 Å². The van der Waals surface area contributed by atoms with Crippen molar-refractivity contribution in [1.82, 2.24) is 4.98 Å². The number of pyridine rings is 1. The number of anilines is 1. The third-order valence-electron chi connectivity index (χ3n) is 2.73. The molecule has 2 rings (SSSR count). The first-order chi connectivity index (χ1) is 7.18. The zero-order valence-corrected chi connectivity index (χ0v) is 8.66. The van der Waals surface area contributed by atoms with Crippen LogP contribution in [0.5, 0.6) is 0 Å². The molecule has 0 bridgehead atoms. The number of carboxylic acids is 1. The van der Waals surface area contributed by atoms with Crippen LogP contribution < -0.4 is 5.32 Å². The van der Waals surface area contributed by atoms with E-state index in [9.17, 15) is 4.79 Å². The number of carbonyl (C=O) groups is 1. The standard InChI is InChI=1S/C11H14N2O2/c1-7(11(14)15)9-5-4-8-3-2-6-12-10(8)13-9/h4-5,7H,2-3,6H2,1H3,(H,12,13)(H,14,15). The van der Waals surface area contributed by atoms with Crippen molar-refractivity contribution in [2.24, 2.45) is 0 Å². The first-order valence-corrected chi connectivity index (χ1v) is 5.15. The van der Waals surface area contributed by atoms with Crippen LogP contribution in [-0.4, -0.2) is 22.6 Å². The van der Waals surface area contributed by atoms with E-state index in [4.69, 9.17) is 5.11 Å². The highest BCUT2D eigenvalue weighted by Crippen LogP contribution is 2.22. The maximum Gasteiger partial charge on any atom is 0.312 e. The molecule has 2 N–H and O–H groups in total. The lowest BCUT2D eigenvalue weighted by Crippen LogP contribution is -2.16. The van der Waals surface area contributed by atoms with E-state index in [0.29, 0.717) is 5.69 Å². The molecule has 1 aliphatic heterocycles. The number of aryl methyl sites for hydroxylation is 1. The van der Waals surface area contributed by atoms with Crippen molar-refractivity contribution in [1.29, 1.82) is 0 Å². The van der Waals surface area contributed by atoms with Crippen LogP contribution >= 0.6 is 0 Å². The predicted octanol–water partition coefficient (Wildman–Crippen LogP) is 1.63. The summed E-state index contributed by atoms with van der Waals surface area (Å²) in [6, 6.07) is 3.79. The molecule has 15 heavy (non-hydrogen) atoms. The number of fused-ring (bicyclic) bond motifs is 1. The van der Waals surface area contributed by atoms with E-state index >= 15 is 0 Å². The lowest BCUT2D eigenvalue weighted by Gasteiger charge is -2.18. The van der Waals surface area contributed by atoms with Crippen LogP contribution in [0.3, 0.4) is 0 Å². The van der Waals surface area contributed by atoms with E-state index in [1.165, 1.54) is 5.56 Å². The van der Waals surface area contributed by atoms with Gasteiger partial charge in [-0.3, -0.25) is 4.79 Å². The molecule has 0 saturated carbocycles. The van der Waals surface area contributed by atoms with Crippen molar-refractivity contribution in [3.05, 3.63) is 23.4 Å². The molecule has 1 aromatic heterocycles. The molecule has 1 unspecified atom stereocenters. The molecular weight excluding hydrogens is 192 g/mol. The van der Waals surface area contributed by atoms with Gasteiger partial charge in [-0.25, -0.2) is 4.98 Å². The second-order valence-corrected chi connectivity index (χ2v) is 3.83. The van der Waals surface area contributed by atoms with Gasteiger partial charge in [-0.05, 0) is 31.4 Å². The monoisotopic (exact) mass is 206 g/mol. The van der Waals surface area contributed by atoms with Crippen LogP contribution in [0.25, 0.3) is 0 Å². The van der Waals surface area contributed by atoms with Gasteiger partial charge in [0.05, 0.1) is 11.6 Å². The van der Waals surface area contributed by atoms with Crippen LogP contribution in [0.15, 0.2) is 12.1 Å². The maximum absolute atomic E-state index is 10.8. The topological polar surface area (TPSA) is 62.2 Å². The van der Waals surface area contributed by atoms with Gasteiger partial charge in [0, 0.05) is 6.54 Å². The average Bonchev–Trinajstić information content (AvgIpc) is 2.27. The van der Waals surface area contributed by atoms with Crippen molar-refractivity contribution in [2.45, 2.75) is 25.7 Å². The molecule has 80 valence electrons. The summed E-state index contributed by atoms with van der Waals surface area (Å²) in [4.78, 5) is 15.1. The number of rotatable bonds is 2. The molecule has 1 atom stereocenters. The Balaban J connectivity index is 2.31. The van der Waals surface area contributed by atoms with Crippen molar-refractivity contribution < 1.29 is 9.90 Å². The van der Waals surface area contributed by atoms with Crippen LogP contribution in [0.4, 0.5) is 5.82 Å². The predicted molar refractivity (Wildman–Crippen MR) is 57.1 cm³/mol. The molecule has 0 radical (unpaired) electrons. The number of hydrogen-bond acceptors (Lipinski definition) is 3. The van der Waals surface area contributed by atoms with Crippen molar-refractivity contribution in [3.8, 4) is 0 Å². The lowest BCUT2D eigenvalue weighted by atomic mass is 10.0. The molecule has 0 spiro atoms. The minimum atomic E-state index is -0.835. The lowest BCUT2D eigenvalue weighted by molar-refractivity contribution is -0.138. The Bertz CT molecular complexity index is 390. The molecule has 0 fully saturated rings. The fourth-order valence-corrected chi connectivity index (χ4v) is 1.71. The van der Waals surface area contributed by atoms with E-state index in [0.717, 1.165) is 25.2 Å². The third kappa shape index (κ3) is 1.93.